The molecule has 0 aliphatic heterocycles. The van der Waals surface area contributed by atoms with E-state index in [-0.39, 0.29) is 0 Å². The summed E-state index contributed by atoms with van der Waals surface area (Å²) in [6.07, 6.45) is 0.546. The SMILES string of the molecule is CCc1sccc1C(O)c1ccsc1C. The third-order valence-electron chi connectivity index (χ3n) is 2.59. The average molecular weight is 238 g/mol. The van der Waals surface area contributed by atoms with Crippen LogP contribution in [0.2, 0.25) is 0 Å². The number of aliphatic hydroxyl groups excluding tert-OH is 1. The van der Waals surface area contributed by atoms with Gasteiger partial charge in [-0.25, -0.2) is 0 Å². The highest BCUT2D eigenvalue weighted by Crippen LogP contribution is 2.32. The molecule has 0 radical (unpaired) electrons. The van der Waals surface area contributed by atoms with Crippen LogP contribution < -0.4 is 0 Å². The van der Waals surface area contributed by atoms with Crippen LogP contribution in [0.15, 0.2) is 22.9 Å². The first-order valence-electron chi connectivity index (χ1n) is 5.02. The van der Waals surface area contributed by atoms with E-state index in [9.17, 15) is 5.11 Å². The number of aryl methyl sites for hydroxylation is 2. The highest BCUT2D eigenvalue weighted by molar-refractivity contribution is 7.10. The van der Waals surface area contributed by atoms with Crippen molar-refractivity contribution in [2.45, 2.75) is 26.4 Å². The predicted octanol–water partition coefficient (Wildman–Crippen LogP) is 3.76. The summed E-state index contributed by atoms with van der Waals surface area (Å²) in [7, 11) is 0. The summed E-state index contributed by atoms with van der Waals surface area (Å²) in [5.74, 6) is 0. The highest BCUT2D eigenvalue weighted by Gasteiger charge is 2.17. The molecule has 2 heterocycles. The monoisotopic (exact) mass is 238 g/mol. The predicted molar refractivity (Wildman–Crippen MR) is 66.8 cm³/mol. The van der Waals surface area contributed by atoms with Crippen LogP contribution in [0.4, 0.5) is 0 Å². The number of hydrogen-bond donors (Lipinski definition) is 1. The zero-order chi connectivity index (χ0) is 10.8. The first-order chi connectivity index (χ1) is 7.24. The van der Waals surface area contributed by atoms with Gasteiger partial charge in [-0.3, -0.25) is 0 Å². The normalized spacial score (nSPS) is 13.0. The summed E-state index contributed by atoms with van der Waals surface area (Å²) in [6, 6.07) is 4.05. The van der Waals surface area contributed by atoms with Gasteiger partial charge in [0.2, 0.25) is 0 Å². The fraction of sp³-hybridized carbons (Fsp3) is 0.333. The largest absolute Gasteiger partial charge is 0.384 e. The van der Waals surface area contributed by atoms with E-state index in [0.717, 1.165) is 17.5 Å². The molecule has 0 amide bonds. The molecule has 0 spiro atoms. The second-order valence-corrected chi connectivity index (χ2v) is 5.61. The molecular formula is C12H14OS2. The van der Waals surface area contributed by atoms with Gasteiger partial charge >= 0.3 is 0 Å². The molecule has 15 heavy (non-hydrogen) atoms. The zero-order valence-corrected chi connectivity index (χ0v) is 10.5. The van der Waals surface area contributed by atoms with Gasteiger partial charge in [0.15, 0.2) is 0 Å². The van der Waals surface area contributed by atoms with E-state index in [4.69, 9.17) is 0 Å². The van der Waals surface area contributed by atoms with Crippen molar-refractivity contribution < 1.29 is 5.11 Å². The molecule has 0 saturated heterocycles. The standard InChI is InChI=1S/C12H14OS2/c1-3-11-10(5-7-15-11)12(13)9-4-6-14-8(9)2/h4-7,12-13H,3H2,1-2H3. The molecule has 80 valence electrons. The van der Waals surface area contributed by atoms with E-state index in [2.05, 4.69) is 19.2 Å². The van der Waals surface area contributed by atoms with Gasteiger partial charge in [-0.15, -0.1) is 22.7 Å². The van der Waals surface area contributed by atoms with E-state index >= 15 is 0 Å². The first kappa shape index (κ1) is 10.9. The smallest absolute Gasteiger partial charge is 0.106 e. The fourth-order valence-electron chi connectivity index (χ4n) is 1.73. The van der Waals surface area contributed by atoms with E-state index in [0.29, 0.717) is 0 Å². The zero-order valence-electron chi connectivity index (χ0n) is 8.86. The van der Waals surface area contributed by atoms with Crippen molar-refractivity contribution in [1.82, 2.24) is 0 Å². The lowest BCUT2D eigenvalue weighted by Gasteiger charge is -2.10. The van der Waals surface area contributed by atoms with Crippen LogP contribution in [0.3, 0.4) is 0 Å². The molecule has 2 aromatic heterocycles. The molecule has 1 nitrogen and oxygen atoms in total. The summed E-state index contributed by atoms with van der Waals surface area (Å²) in [5, 5.41) is 14.4. The summed E-state index contributed by atoms with van der Waals surface area (Å²) >= 11 is 3.41. The number of aliphatic hydroxyl groups is 1. The number of rotatable bonds is 3. The third-order valence-corrected chi connectivity index (χ3v) is 4.53. The molecule has 0 aliphatic carbocycles. The third kappa shape index (κ3) is 2.00. The second kappa shape index (κ2) is 4.47. The first-order valence-corrected chi connectivity index (χ1v) is 6.78. The van der Waals surface area contributed by atoms with Crippen LogP contribution in [0, 0.1) is 6.92 Å². The Kier molecular flexibility index (Phi) is 3.24. The molecule has 2 aromatic rings. The molecule has 0 aliphatic rings. The Bertz CT molecular complexity index is 442. The second-order valence-electron chi connectivity index (χ2n) is 3.49. The Morgan fingerprint density at radius 3 is 2.47 bits per heavy atom. The maximum Gasteiger partial charge on any atom is 0.106 e. The highest BCUT2D eigenvalue weighted by atomic mass is 32.1. The molecule has 2 rings (SSSR count). The molecule has 3 heteroatoms. The van der Waals surface area contributed by atoms with E-state index in [1.165, 1.54) is 9.75 Å². The summed E-state index contributed by atoms with van der Waals surface area (Å²) in [5.41, 5.74) is 2.12. The Labute approximate surface area is 98.0 Å². The van der Waals surface area contributed by atoms with Gasteiger partial charge in [0.25, 0.3) is 0 Å². The summed E-state index contributed by atoms with van der Waals surface area (Å²) < 4.78 is 0. The van der Waals surface area contributed by atoms with Crippen LogP contribution in [0.25, 0.3) is 0 Å². The quantitative estimate of drug-likeness (QED) is 0.863. The van der Waals surface area contributed by atoms with Crippen LogP contribution in [0.1, 0.15) is 33.9 Å². The van der Waals surface area contributed by atoms with Gasteiger partial charge in [-0.05, 0) is 47.4 Å². The molecule has 0 fully saturated rings. The Morgan fingerprint density at radius 1 is 1.20 bits per heavy atom. The molecular weight excluding hydrogens is 224 g/mol. The maximum atomic E-state index is 10.3. The summed E-state index contributed by atoms with van der Waals surface area (Å²) in [4.78, 5) is 2.49. The minimum absolute atomic E-state index is 0.447. The van der Waals surface area contributed by atoms with E-state index in [1.54, 1.807) is 22.7 Å². The number of hydrogen-bond acceptors (Lipinski definition) is 3. The van der Waals surface area contributed by atoms with Crippen molar-refractivity contribution in [3.05, 3.63) is 43.8 Å². The van der Waals surface area contributed by atoms with E-state index < -0.39 is 6.10 Å². The van der Waals surface area contributed by atoms with Crippen molar-refractivity contribution in [1.29, 1.82) is 0 Å². The van der Waals surface area contributed by atoms with Crippen LogP contribution in [-0.2, 0) is 6.42 Å². The fourth-order valence-corrected chi connectivity index (χ4v) is 3.32. The lowest BCUT2D eigenvalue weighted by atomic mass is 10.0. The van der Waals surface area contributed by atoms with Gasteiger partial charge in [0, 0.05) is 9.75 Å². The van der Waals surface area contributed by atoms with Crippen molar-refractivity contribution in [3.63, 3.8) is 0 Å². The topological polar surface area (TPSA) is 20.2 Å². The van der Waals surface area contributed by atoms with Crippen molar-refractivity contribution in [2.24, 2.45) is 0 Å². The maximum absolute atomic E-state index is 10.3. The lowest BCUT2D eigenvalue weighted by molar-refractivity contribution is 0.219. The average Bonchev–Trinajstić information content (AvgIpc) is 2.84. The van der Waals surface area contributed by atoms with Crippen molar-refractivity contribution in [2.75, 3.05) is 0 Å². The van der Waals surface area contributed by atoms with Crippen LogP contribution >= 0.6 is 22.7 Å². The Balaban J connectivity index is 2.36. The lowest BCUT2D eigenvalue weighted by Crippen LogP contribution is -2.00. The van der Waals surface area contributed by atoms with Crippen molar-refractivity contribution >= 4 is 22.7 Å². The Morgan fingerprint density at radius 2 is 1.87 bits per heavy atom. The molecule has 0 bridgehead atoms. The number of thiophene rings is 2. The van der Waals surface area contributed by atoms with Gasteiger partial charge in [0.05, 0.1) is 0 Å². The molecule has 1 N–H and O–H groups in total. The molecule has 0 saturated carbocycles. The molecule has 1 unspecified atom stereocenters. The minimum atomic E-state index is -0.447. The van der Waals surface area contributed by atoms with Gasteiger partial charge in [0.1, 0.15) is 6.10 Å². The molecule has 0 aromatic carbocycles. The van der Waals surface area contributed by atoms with Gasteiger partial charge < -0.3 is 5.11 Å². The van der Waals surface area contributed by atoms with E-state index in [1.807, 2.05) is 17.5 Å². The van der Waals surface area contributed by atoms with Gasteiger partial charge in [-0.2, -0.15) is 0 Å². The summed E-state index contributed by atoms with van der Waals surface area (Å²) in [6.45, 7) is 4.18. The minimum Gasteiger partial charge on any atom is -0.384 e. The van der Waals surface area contributed by atoms with Crippen molar-refractivity contribution in [3.8, 4) is 0 Å². The Hall–Kier alpha value is -0.640. The van der Waals surface area contributed by atoms with Crippen LogP contribution in [0.5, 0.6) is 0 Å². The molecule has 1 atom stereocenters. The van der Waals surface area contributed by atoms with Gasteiger partial charge in [-0.1, -0.05) is 6.92 Å². The van der Waals surface area contributed by atoms with Crippen LogP contribution in [-0.4, -0.2) is 5.11 Å².